The normalized spacial score (nSPS) is 12.3. The summed E-state index contributed by atoms with van der Waals surface area (Å²) in [6.45, 7) is 0. The van der Waals surface area contributed by atoms with Crippen molar-refractivity contribution in [3.8, 4) is 5.75 Å². The van der Waals surface area contributed by atoms with Gasteiger partial charge in [0.1, 0.15) is 17.2 Å². The van der Waals surface area contributed by atoms with Gasteiger partial charge in [0.15, 0.2) is 10.7 Å². The van der Waals surface area contributed by atoms with Crippen molar-refractivity contribution in [3.63, 3.8) is 0 Å². The minimum atomic E-state index is -1.18. The van der Waals surface area contributed by atoms with Crippen molar-refractivity contribution in [2.24, 2.45) is 0 Å². The maximum Gasteiger partial charge on any atom is 0.316 e. The molecular formula is C12H11NO5S. The van der Waals surface area contributed by atoms with E-state index in [4.69, 9.17) is 14.3 Å². The predicted molar refractivity (Wildman–Crippen MR) is 69.5 cm³/mol. The van der Waals surface area contributed by atoms with Crippen LogP contribution in [0.15, 0.2) is 22.6 Å². The van der Waals surface area contributed by atoms with Gasteiger partial charge in [-0.3, -0.25) is 9.59 Å². The van der Waals surface area contributed by atoms with Gasteiger partial charge in [-0.15, -0.1) is 12.6 Å². The van der Waals surface area contributed by atoms with Gasteiger partial charge in [-0.25, -0.2) is 4.98 Å². The van der Waals surface area contributed by atoms with E-state index in [9.17, 15) is 9.59 Å². The van der Waals surface area contributed by atoms with Crippen LogP contribution in [-0.4, -0.2) is 28.3 Å². The zero-order valence-electron chi connectivity index (χ0n) is 9.99. The van der Waals surface area contributed by atoms with E-state index in [1.54, 1.807) is 18.2 Å². The average molecular weight is 281 g/mol. The number of rotatable bonds is 5. The molecule has 1 aromatic heterocycles. The molecule has 1 N–H and O–H groups in total. The number of oxazole rings is 1. The van der Waals surface area contributed by atoms with Gasteiger partial charge in [0.05, 0.1) is 7.11 Å². The molecule has 0 bridgehead atoms. The Bertz CT molecular complexity index is 636. The first-order valence-electron chi connectivity index (χ1n) is 5.40. The van der Waals surface area contributed by atoms with Gasteiger partial charge >= 0.3 is 5.97 Å². The SMILES string of the molecule is COc1ccc2nc(C(CC(=O)S)C(=O)O)oc2c1. The number of carboxylic acids is 1. The lowest BCUT2D eigenvalue weighted by molar-refractivity contribution is -0.140. The van der Waals surface area contributed by atoms with Gasteiger partial charge in [-0.05, 0) is 12.1 Å². The Morgan fingerprint density at radius 2 is 2.26 bits per heavy atom. The molecule has 0 fully saturated rings. The number of carboxylic acid groups (broad SMARTS) is 1. The lowest BCUT2D eigenvalue weighted by atomic mass is 10.1. The molecule has 100 valence electrons. The Kier molecular flexibility index (Phi) is 3.75. The summed E-state index contributed by atoms with van der Waals surface area (Å²) in [4.78, 5) is 26.2. The standard InChI is InChI=1S/C12H11NO5S/c1-17-6-2-3-8-9(4-6)18-11(13-8)7(12(15)16)5-10(14)19/h2-4,7H,5H2,1H3,(H,14,19)(H,15,16). The number of methoxy groups -OCH3 is 1. The van der Waals surface area contributed by atoms with Crippen molar-refractivity contribution >= 4 is 34.8 Å². The molecule has 0 saturated carbocycles. The number of hydrogen-bond donors (Lipinski definition) is 2. The van der Waals surface area contributed by atoms with Crippen LogP contribution in [0.1, 0.15) is 18.2 Å². The molecule has 2 aromatic rings. The van der Waals surface area contributed by atoms with Crippen LogP contribution in [0.5, 0.6) is 5.75 Å². The summed E-state index contributed by atoms with van der Waals surface area (Å²) in [6.07, 6.45) is -0.275. The number of aromatic nitrogens is 1. The number of carbonyl (C=O) groups excluding carboxylic acids is 1. The molecule has 7 heteroatoms. The van der Waals surface area contributed by atoms with Crippen molar-refractivity contribution < 1.29 is 23.8 Å². The minimum absolute atomic E-state index is 0.0156. The van der Waals surface area contributed by atoms with Crippen LogP contribution in [0, 0.1) is 0 Å². The van der Waals surface area contributed by atoms with Gasteiger partial charge < -0.3 is 14.3 Å². The van der Waals surface area contributed by atoms with Crippen LogP contribution in [-0.2, 0) is 9.59 Å². The second-order valence-electron chi connectivity index (χ2n) is 3.87. The Balaban J connectivity index is 2.42. The highest BCUT2D eigenvalue weighted by molar-refractivity contribution is 7.96. The average Bonchev–Trinajstić information content (AvgIpc) is 2.77. The maximum absolute atomic E-state index is 11.1. The smallest absolute Gasteiger partial charge is 0.316 e. The number of hydrogen-bond acceptors (Lipinski definition) is 5. The monoisotopic (exact) mass is 281 g/mol. The van der Waals surface area contributed by atoms with Crippen LogP contribution in [0.3, 0.4) is 0 Å². The quantitative estimate of drug-likeness (QED) is 0.813. The molecule has 1 atom stereocenters. The first-order chi connectivity index (χ1) is 9.01. The Hall–Kier alpha value is -2.02. The highest BCUT2D eigenvalue weighted by atomic mass is 32.1. The van der Waals surface area contributed by atoms with Crippen molar-refractivity contribution in [1.29, 1.82) is 0 Å². The fraction of sp³-hybridized carbons (Fsp3) is 0.250. The molecule has 19 heavy (non-hydrogen) atoms. The topological polar surface area (TPSA) is 89.6 Å². The summed E-state index contributed by atoms with van der Waals surface area (Å²) in [5.41, 5.74) is 0.917. The molecule has 0 radical (unpaired) electrons. The van der Waals surface area contributed by atoms with Gasteiger partial charge in [0.2, 0.25) is 5.89 Å². The first-order valence-corrected chi connectivity index (χ1v) is 5.85. The number of fused-ring (bicyclic) bond motifs is 1. The summed E-state index contributed by atoms with van der Waals surface area (Å²) in [5, 5.41) is 8.56. The van der Waals surface area contributed by atoms with Crippen LogP contribution in [0.4, 0.5) is 0 Å². The van der Waals surface area contributed by atoms with E-state index in [2.05, 4.69) is 17.6 Å². The van der Waals surface area contributed by atoms with Crippen LogP contribution in [0.2, 0.25) is 0 Å². The summed E-state index contributed by atoms with van der Waals surface area (Å²) in [5.74, 6) is -1.75. The van der Waals surface area contributed by atoms with E-state index in [1.807, 2.05) is 0 Å². The van der Waals surface area contributed by atoms with E-state index in [0.29, 0.717) is 16.8 Å². The zero-order chi connectivity index (χ0) is 14.0. The van der Waals surface area contributed by atoms with Gasteiger partial charge in [0, 0.05) is 12.5 Å². The molecule has 6 nitrogen and oxygen atoms in total. The molecule has 0 amide bonds. The van der Waals surface area contributed by atoms with Crippen LogP contribution in [0.25, 0.3) is 11.1 Å². The third kappa shape index (κ3) is 2.87. The zero-order valence-corrected chi connectivity index (χ0v) is 10.9. The minimum Gasteiger partial charge on any atom is -0.497 e. The summed E-state index contributed by atoms with van der Waals surface area (Å²) in [6, 6.07) is 4.95. The fourth-order valence-corrected chi connectivity index (χ4v) is 1.84. The van der Waals surface area contributed by atoms with Gasteiger partial charge in [-0.1, -0.05) is 0 Å². The van der Waals surface area contributed by atoms with Crippen molar-refractivity contribution in [2.75, 3.05) is 7.11 Å². The van der Waals surface area contributed by atoms with Crippen molar-refractivity contribution in [3.05, 3.63) is 24.1 Å². The van der Waals surface area contributed by atoms with Crippen molar-refractivity contribution in [1.82, 2.24) is 4.98 Å². The number of ether oxygens (including phenoxy) is 1. The summed E-state index contributed by atoms with van der Waals surface area (Å²) < 4.78 is 10.4. The number of benzene rings is 1. The summed E-state index contributed by atoms with van der Waals surface area (Å²) >= 11 is 3.58. The predicted octanol–water partition coefficient (Wildman–Crippen LogP) is 1.85. The van der Waals surface area contributed by atoms with Gasteiger partial charge in [-0.2, -0.15) is 0 Å². The summed E-state index contributed by atoms with van der Waals surface area (Å²) in [7, 11) is 1.51. The molecule has 1 aromatic carbocycles. The molecular weight excluding hydrogens is 270 g/mol. The number of thiol groups is 1. The molecule has 1 unspecified atom stereocenters. The van der Waals surface area contributed by atoms with Crippen LogP contribution >= 0.6 is 12.6 Å². The van der Waals surface area contributed by atoms with E-state index in [-0.39, 0.29) is 12.3 Å². The Morgan fingerprint density at radius 3 is 2.84 bits per heavy atom. The molecule has 0 aliphatic rings. The third-order valence-corrected chi connectivity index (χ3v) is 2.77. The lowest BCUT2D eigenvalue weighted by Gasteiger charge is -2.04. The molecule has 1 heterocycles. The molecule has 0 spiro atoms. The van der Waals surface area contributed by atoms with Crippen LogP contribution < -0.4 is 4.74 Å². The second-order valence-corrected chi connectivity index (χ2v) is 4.37. The Morgan fingerprint density at radius 1 is 1.53 bits per heavy atom. The lowest BCUT2D eigenvalue weighted by Crippen LogP contribution is -2.14. The Labute approximate surface area is 113 Å². The molecule has 0 aliphatic heterocycles. The maximum atomic E-state index is 11.1. The largest absolute Gasteiger partial charge is 0.497 e. The third-order valence-electron chi connectivity index (χ3n) is 2.59. The highest BCUT2D eigenvalue weighted by Crippen LogP contribution is 2.27. The highest BCUT2D eigenvalue weighted by Gasteiger charge is 2.27. The van der Waals surface area contributed by atoms with E-state index in [1.165, 1.54) is 7.11 Å². The number of carbonyl (C=O) groups is 2. The van der Waals surface area contributed by atoms with E-state index in [0.717, 1.165) is 0 Å². The molecule has 0 saturated heterocycles. The van der Waals surface area contributed by atoms with E-state index < -0.39 is 17.0 Å². The second kappa shape index (κ2) is 5.31. The van der Waals surface area contributed by atoms with Gasteiger partial charge in [0.25, 0.3) is 0 Å². The number of nitrogens with zero attached hydrogens (tertiary/aromatic N) is 1. The van der Waals surface area contributed by atoms with E-state index >= 15 is 0 Å². The molecule has 0 aliphatic carbocycles. The molecule has 2 rings (SSSR count). The fourth-order valence-electron chi connectivity index (χ4n) is 1.65. The van der Waals surface area contributed by atoms with Crippen molar-refractivity contribution in [2.45, 2.75) is 12.3 Å². The number of aliphatic carboxylic acids is 1. The first kappa shape index (κ1) is 13.4.